The van der Waals surface area contributed by atoms with Crippen molar-refractivity contribution in [1.82, 2.24) is 44.8 Å². The Labute approximate surface area is 383 Å². The second-order valence-corrected chi connectivity index (χ2v) is 18.8. The SMILES string of the molecule is Cc1cc(-c2cnc3c(NCC(C)(C)O)cc(Br)nn23)ccc1C(=O)NC1CC1.Cc1cc(-c2cnc3c(NCC(C)(C)O)cc(Nc4ccc(F)nc4)nn23)ccc1C(=O)NC1CC1. The molecule has 18 heteroatoms. The Hall–Kier alpha value is -6.50. The van der Waals surface area contributed by atoms with Crippen molar-refractivity contribution in [3.05, 3.63) is 112 Å². The first-order valence-electron chi connectivity index (χ1n) is 21.5. The number of aromatic nitrogens is 7. The molecule has 5 heterocycles. The quantitative estimate of drug-likeness (QED) is 0.0527. The van der Waals surface area contributed by atoms with Crippen LogP contribution in [-0.4, -0.2) is 92.6 Å². The van der Waals surface area contributed by atoms with Gasteiger partial charge in [-0.3, -0.25) is 9.59 Å². The summed E-state index contributed by atoms with van der Waals surface area (Å²) in [4.78, 5) is 37.7. The molecule has 338 valence electrons. The number of aryl methyl sites for hydroxylation is 2. The number of hydrogen-bond acceptors (Lipinski definition) is 12. The fourth-order valence-electron chi connectivity index (χ4n) is 6.98. The first kappa shape index (κ1) is 45.1. The van der Waals surface area contributed by atoms with Crippen LogP contribution in [0.15, 0.2) is 83.9 Å². The van der Waals surface area contributed by atoms with Gasteiger partial charge in [0.25, 0.3) is 11.8 Å². The highest BCUT2D eigenvalue weighted by Gasteiger charge is 2.26. The lowest BCUT2D eigenvalue weighted by molar-refractivity contribution is 0.0939. The van der Waals surface area contributed by atoms with E-state index in [-0.39, 0.29) is 24.4 Å². The molecule has 2 aliphatic carbocycles. The summed E-state index contributed by atoms with van der Waals surface area (Å²) in [6.45, 7) is 11.4. The normalized spacial score (nSPS) is 13.9. The van der Waals surface area contributed by atoms with Gasteiger partial charge >= 0.3 is 0 Å². The summed E-state index contributed by atoms with van der Waals surface area (Å²) in [6, 6.07) is 18.5. The fraction of sp³-hybridized carbons (Fsp3) is 0.340. The summed E-state index contributed by atoms with van der Waals surface area (Å²) in [6.07, 6.45) is 9.07. The van der Waals surface area contributed by atoms with Gasteiger partial charge in [-0.2, -0.15) is 9.49 Å². The molecule has 0 unspecified atom stereocenters. The fourth-order valence-corrected chi connectivity index (χ4v) is 7.37. The van der Waals surface area contributed by atoms with Crippen molar-refractivity contribution < 1.29 is 24.2 Å². The van der Waals surface area contributed by atoms with Crippen LogP contribution in [0.1, 0.15) is 85.2 Å². The average molecular weight is 948 g/mol. The molecule has 2 aromatic carbocycles. The van der Waals surface area contributed by atoms with E-state index in [0.717, 1.165) is 65.0 Å². The molecule has 0 atom stereocenters. The van der Waals surface area contributed by atoms with Crippen LogP contribution in [-0.2, 0) is 0 Å². The summed E-state index contributed by atoms with van der Waals surface area (Å²) in [5.74, 6) is -0.174. The second kappa shape index (κ2) is 18.2. The molecule has 2 saturated carbocycles. The monoisotopic (exact) mass is 946 g/mol. The van der Waals surface area contributed by atoms with E-state index in [1.165, 1.54) is 12.3 Å². The number of aliphatic hydroxyl groups is 2. The Morgan fingerprint density at radius 1 is 0.692 bits per heavy atom. The van der Waals surface area contributed by atoms with Gasteiger partial charge in [0.15, 0.2) is 17.1 Å². The Bertz CT molecular complexity index is 2900. The molecule has 9 rings (SSSR count). The van der Waals surface area contributed by atoms with Crippen LogP contribution in [0.2, 0.25) is 0 Å². The summed E-state index contributed by atoms with van der Waals surface area (Å²) < 4.78 is 17.4. The third-order valence-electron chi connectivity index (χ3n) is 10.7. The topological polar surface area (TPSA) is 208 Å². The number of hydrogen-bond donors (Lipinski definition) is 7. The molecule has 7 N–H and O–H groups in total. The Morgan fingerprint density at radius 3 is 1.63 bits per heavy atom. The lowest BCUT2D eigenvalue weighted by Crippen LogP contribution is -2.29. The zero-order valence-electron chi connectivity index (χ0n) is 37.0. The van der Waals surface area contributed by atoms with Crippen molar-refractivity contribution in [2.45, 2.75) is 90.5 Å². The average Bonchev–Trinajstić information content (AvgIpc) is 4.16. The lowest BCUT2D eigenvalue weighted by Gasteiger charge is -2.19. The van der Waals surface area contributed by atoms with Crippen LogP contribution >= 0.6 is 15.9 Å². The zero-order valence-corrected chi connectivity index (χ0v) is 38.6. The molecule has 0 saturated heterocycles. The lowest BCUT2D eigenvalue weighted by atomic mass is 10.0. The Kier molecular flexibility index (Phi) is 12.6. The van der Waals surface area contributed by atoms with E-state index < -0.39 is 17.1 Å². The van der Waals surface area contributed by atoms with Crippen LogP contribution in [0.25, 0.3) is 33.8 Å². The summed E-state index contributed by atoms with van der Waals surface area (Å²) >= 11 is 3.45. The summed E-state index contributed by atoms with van der Waals surface area (Å²) in [5.41, 5.74) is 7.88. The number of benzene rings is 2. The molecule has 5 aromatic heterocycles. The third-order valence-corrected chi connectivity index (χ3v) is 11.1. The van der Waals surface area contributed by atoms with E-state index in [4.69, 9.17) is 5.10 Å². The molecular formula is C47H52BrFN12O4. The highest BCUT2D eigenvalue weighted by molar-refractivity contribution is 9.10. The van der Waals surface area contributed by atoms with E-state index in [1.807, 2.05) is 56.3 Å². The number of anilines is 4. The zero-order chi connectivity index (χ0) is 46.2. The predicted molar refractivity (Wildman–Crippen MR) is 252 cm³/mol. The number of nitrogens with zero attached hydrogens (tertiary/aromatic N) is 7. The maximum absolute atomic E-state index is 13.3. The minimum Gasteiger partial charge on any atom is -0.389 e. The molecular weight excluding hydrogens is 895 g/mol. The number of carbonyl (C=O) groups excluding carboxylic acids is 2. The van der Waals surface area contributed by atoms with Crippen molar-refractivity contribution in [2.24, 2.45) is 0 Å². The number of carbonyl (C=O) groups is 2. The van der Waals surface area contributed by atoms with Gasteiger partial charge in [-0.25, -0.2) is 24.0 Å². The van der Waals surface area contributed by atoms with Gasteiger partial charge in [0.1, 0.15) is 4.60 Å². The number of pyridine rings is 1. The van der Waals surface area contributed by atoms with Crippen molar-refractivity contribution in [3.63, 3.8) is 0 Å². The van der Waals surface area contributed by atoms with Crippen LogP contribution < -0.4 is 26.6 Å². The molecule has 0 bridgehead atoms. The minimum atomic E-state index is -0.946. The van der Waals surface area contributed by atoms with E-state index in [1.54, 1.807) is 61.3 Å². The largest absolute Gasteiger partial charge is 0.389 e. The van der Waals surface area contributed by atoms with E-state index in [2.05, 4.69) is 62.6 Å². The van der Waals surface area contributed by atoms with Gasteiger partial charge in [-0.05, 0) is 137 Å². The summed E-state index contributed by atoms with van der Waals surface area (Å²) in [5, 5.41) is 45.2. The van der Waals surface area contributed by atoms with Crippen molar-refractivity contribution in [3.8, 4) is 22.5 Å². The standard InChI is InChI=1S/C26H28FN7O2.C21H24BrN5O2/c1-15-10-16(4-8-19(15)25(35)32-17-5-6-17)21-13-29-24-20(30-14-26(2,3)36)11-23(33-34(21)24)31-18-7-9-22(27)28-12-18;1-12-8-13(4-7-15(12)20(28)25-14-5-6-14)17-10-23-19-16(24-11-21(2,3)29)9-18(22)26-27(17)19/h4,7-13,17,30,36H,5-6,14H2,1-3H3,(H,31,33)(H,32,35);4,7-10,14,24,29H,5-6,11H2,1-3H3,(H,25,28). The van der Waals surface area contributed by atoms with Gasteiger partial charge in [0.2, 0.25) is 5.95 Å². The van der Waals surface area contributed by atoms with E-state index >= 15 is 0 Å². The van der Waals surface area contributed by atoms with Crippen molar-refractivity contribution in [2.75, 3.05) is 29.0 Å². The smallest absolute Gasteiger partial charge is 0.251 e. The minimum absolute atomic E-state index is 0.0198. The van der Waals surface area contributed by atoms with Gasteiger partial charge in [-0.1, -0.05) is 12.1 Å². The number of halogens is 2. The number of nitrogens with one attached hydrogen (secondary N) is 5. The second-order valence-electron chi connectivity index (χ2n) is 18.0. The molecule has 65 heavy (non-hydrogen) atoms. The number of imidazole rings is 2. The molecule has 2 fully saturated rings. The molecule has 2 amide bonds. The maximum Gasteiger partial charge on any atom is 0.251 e. The molecule has 0 aliphatic heterocycles. The maximum atomic E-state index is 13.3. The van der Waals surface area contributed by atoms with E-state index in [9.17, 15) is 24.2 Å². The van der Waals surface area contributed by atoms with Gasteiger partial charge in [-0.15, -0.1) is 5.10 Å². The van der Waals surface area contributed by atoms with Gasteiger partial charge in [0.05, 0.1) is 58.2 Å². The highest BCUT2D eigenvalue weighted by atomic mass is 79.9. The Morgan fingerprint density at radius 2 is 1.18 bits per heavy atom. The third kappa shape index (κ3) is 11.2. The number of amides is 2. The van der Waals surface area contributed by atoms with Crippen LogP contribution in [0.3, 0.4) is 0 Å². The highest BCUT2D eigenvalue weighted by Crippen LogP contribution is 2.31. The van der Waals surface area contributed by atoms with Crippen LogP contribution in [0.5, 0.6) is 0 Å². The van der Waals surface area contributed by atoms with Crippen LogP contribution in [0, 0.1) is 19.8 Å². The molecule has 16 nitrogen and oxygen atoms in total. The van der Waals surface area contributed by atoms with Crippen molar-refractivity contribution in [1.29, 1.82) is 0 Å². The summed E-state index contributed by atoms with van der Waals surface area (Å²) in [7, 11) is 0. The molecule has 0 radical (unpaired) electrons. The van der Waals surface area contributed by atoms with Gasteiger partial charge in [0, 0.05) is 53.5 Å². The first-order valence-corrected chi connectivity index (χ1v) is 22.2. The molecule has 2 aliphatic rings. The predicted octanol–water partition coefficient (Wildman–Crippen LogP) is 7.60. The molecule has 7 aromatic rings. The van der Waals surface area contributed by atoms with Crippen LogP contribution in [0.4, 0.5) is 27.3 Å². The molecule has 0 spiro atoms. The van der Waals surface area contributed by atoms with Gasteiger partial charge < -0.3 is 36.8 Å². The first-order chi connectivity index (χ1) is 30.9. The number of rotatable bonds is 14. The van der Waals surface area contributed by atoms with Crippen molar-refractivity contribution >= 4 is 61.9 Å². The Balaban J connectivity index is 0.000000181. The number of fused-ring (bicyclic) bond motifs is 2. The van der Waals surface area contributed by atoms with E-state index in [0.29, 0.717) is 56.8 Å².